The van der Waals surface area contributed by atoms with Crippen molar-refractivity contribution in [1.82, 2.24) is 0 Å². The summed E-state index contributed by atoms with van der Waals surface area (Å²) < 4.78 is 0.985. The average Bonchev–Trinajstić information content (AvgIpc) is 2.03. The summed E-state index contributed by atoms with van der Waals surface area (Å²) in [5.74, 6) is 0. The van der Waals surface area contributed by atoms with Crippen molar-refractivity contribution in [1.29, 1.82) is 0 Å². The van der Waals surface area contributed by atoms with Crippen molar-refractivity contribution in [2.45, 2.75) is 18.9 Å². The van der Waals surface area contributed by atoms with Crippen LogP contribution in [0.25, 0.3) is 0 Å². The fraction of sp³-hybridized carbons (Fsp3) is 0.400. The van der Waals surface area contributed by atoms with Crippen LogP contribution in [0.2, 0.25) is 0 Å². The molecule has 1 rings (SSSR count). The second kappa shape index (κ2) is 4.22. The lowest BCUT2D eigenvalue weighted by Gasteiger charge is -2.20. The first-order valence-electron chi connectivity index (χ1n) is 4.11. The molecule has 0 saturated carbocycles. The van der Waals surface area contributed by atoms with Crippen LogP contribution in [0.1, 0.15) is 12.5 Å². The van der Waals surface area contributed by atoms with Crippen LogP contribution in [0.5, 0.6) is 0 Å². The number of benzene rings is 1. The van der Waals surface area contributed by atoms with Crippen molar-refractivity contribution in [3.63, 3.8) is 0 Å². The van der Waals surface area contributed by atoms with Gasteiger partial charge < -0.3 is 10.2 Å². The molecule has 0 aromatic heterocycles. The molecule has 0 aliphatic rings. The smallest absolute Gasteiger partial charge is 0.0889 e. The minimum Gasteiger partial charge on any atom is -0.393 e. The molecule has 13 heavy (non-hydrogen) atoms. The van der Waals surface area contributed by atoms with E-state index in [9.17, 15) is 5.11 Å². The second-order valence-electron chi connectivity index (χ2n) is 3.46. The zero-order chi connectivity index (χ0) is 9.90. The van der Waals surface area contributed by atoms with Crippen LogP contribution in [-0.4, -0.2) is 22.4 Å². The van der Waals surface area contributed by atoms with Gasteiger partial charge in [-0.15, -0.1) is 0 Å². The van der Waals surface area contributed by atoms with E-state index in [2.05, 4.69) is 15.9 Å². The summed E-state index contributed by atoms with van der Waals surface area (Å²) in [5, 5.41) is 18.5. The quantitative estimate of drug-likeness (QED) is 0.851. The molecular weight excluding hydrogens is 232 g/mol. The Hall–Kier alpha value is -0.380. The van der Waals surface area contributed by atoms with E-state index in [1.54, 1.807) is 6.92 Å². The first kappa shape index (κ1) is 10.7. The van der Waals surface area contributed by atoms with Crippen LogP contribution in [0.3, 0.4) is 0 Å². The molecule has 2 nitrogen and oxygen atoms in total. The fourth-order valence-electron chi connectivity index (χ4n) is 1.14. The van der Waals surface area contributed by atoms with Gasteiger partial charge in [0.05, 0.1) is 12.2 Å². The molecule has 72 valence electrons. The Morgan fingerprint density at radius 2 is 2.15 bits per heavy atom. The van der Waals surface area contributed by atoms with Crippen LogP contribution in [0, 0.1) is 0 Å². The fourth-order valence-corrected chi connectivity index (χ4v) is 1.59. The van der Waals surface area contributed by atoms with Gasteiger partial charge in [-0.2, -0.15) is 0 Å². The van der Waals surface area contributed by atoms with Crippen LogP contribution in [0.15, 0.2) is 28.7 Å². The van der Waals surface area contributed by atoms with Gasteiger partial charge in [-0.25, -0.2) is 0 Å². The molecule has 1 atom stereocenters. The highest BCUT2D eigenvalue weighted by atomic mass is 79.9. The highest BCUT2D eigenvalue weighted by Crippen LogP contribution is 2.16. The van der Waals surface area contributed by atoms with Gasteiger partial charge >= 0.3 is 0 Å². The topological polar surface area (TPSA) is 40.5 Å². The van der Waals surface area contributed by atoms with Crippen LogP contribution >= 0.6 is 15.9 Å². The summed E-state index contributed by atoms with van der Waals surface area (Å²) in [6.45, 7) is 1.40. The lowest BCUT2D eigenvalue weighted by atomic mass is 9.98. The monoisotopic (exact) mass is 244 g/mol. The SMILES string of the molecule is CC(O)(CO)Cc1cccc(Br)c1. The largest absolute Gasteiger partial charge is 0.393 e. The van der Waals surface area contributed by atoms with E-state index < -0.39 is 5.60 Å². The van der Waals surface area contributed by atoms with Crippen molar-refractivity contribution in [3.05, 3.63) is 34.3 Å². The molecule has 1 aromatic carbocycles. The highest BCUT2D eigenvalue weighted by molar-refractivity contribution is 9.10. The molecule has 0 bridgehead atoms. The Labute approximate surface area is 86.3 Å². The van der Waals surface area contributed by atoms with Gasteiger partial charge in [0.15, 0.2) is 0 Å². The van der Waals surface area contributed by atoms with E-state index in [1.165, 1.54) is 0 Å². The van der Waals surface area contributed by atoms with Crippen molar-refractivity contribution < 1.29 is 10.2 Å². The van der Waals surface area contributed by atoms with Gasteiger partial charge in [-0.1, -0.05) is 28.1 Å². The molecule has 2 N–H and O–H groups in total. The minimum atomic E-state index is -1.03. The summed E-state index contributed by atoms with van der Waals surface area (Å²) in [7, 11) is 0. The molecule has 0 fully saturated rings. The van der Waals surface area contributed by atoms with Crippen LogP contribution in [0.4, 0.5) is 0 Å². The van der Waals surface area contributed by atoms with Crippen LogP contribution in [-0.2, 0) is 6.42 Å². The predicted molar refractivity (Wildman–Crippen MR) is 55.6 cm³/mol. The van der Waals surface area contributed by atoms with Crippen LogP contribution < -0.4 is 0 Å². The van der Waals surface area contributed by atoms with Gasteiger partial charge in [0.1, 0.15) is 0 Å². The Balaban J connectivity index is 2.74. The minimum absolute atomic E-state index is 0.223. The average molecular weight is 245 g/mol. The molecule has 0 aliphatic carbocycles. The molecule has 0 heterocycles. The number of hydrogen-bond donors (Lipinski definition) is 2. The van der Waals surface area contributed by atoms with E-state index in [1.807, 2.05) is 24.3 Å². The second-order valence-corrected chi connectivity index (χ2v) is 4.38. The molecule has 0 saturated heterocycles. The first-order chi connectivity index (χ1) is 6.03. The maximum atomic E-state index is 9.60. The molecular formula is C10H13BrO2. The molecule has 1 unspecified atom stereocenters. The Morgan fingerprint density at radius 3 is 2.69 bits per heavy atom. The summed E-state index contributed by atoms with van der Waals surface area (Å²) >= 11 is 3.35. The summed E-state index contributed by atoms with van der Waals surface area (Å²) in [4.78, 5) is 0. The number of halogens is 1. The standard InChI is InChI=1S/C10H13BrO2/c1-10(13,7-12)6-8-3-2-4-9(11)5-8/h2-5,12-13H,6-7H2,1H3. The van der Waals surface area contributed by atoms with Crippen molar-refractivity contribution in [2.75, 3.05) is 6.61 Å². The van der Waals surface area contributed by atoms with Gasteiger partial charge in [0, 0.05) is 10.9 Å². The van der Waals surface area contributed by atoms with Crippen molar-refractivity contribution in [3.8, 4) is 0 Å². The number of hydrogen-bond acceptors (Lipinski definition) is 2. The van der Waals surface area contributed by atoms with E-state index in [0.717, 1.165) is 10.0 Å². The van der Waals surface area contributed by atoms with E-state index in [-0.39, 0.29) is 6.61 Å². The highest BCUT2D eigenvalue weighted by Gasteiger charge is 2.19. The summed E-state index contributed by atoms with van der Waals surface area (Å²) in [6.07, 6.45) is 0.461. The Morgan fingerprint density at radius 1 is 1.46 bits per heavy atom. The molecule has 1 aromatic rings. The normalized spacial score (nSPS) is 15.4. The first-order valence-corrected chi connectivity index (χ1v) is 4.90. The van der Waals surface area contributed by atoms with Crippen molar-refractivity contribution >= 4 is 15.9 Å². The lowest BCUT2D eigenvalue weighted by Crippen LogP contribution is -2.31. The Bertz CT molecular complexity index is 284. The zero-order valence-electron chi connectivity index (χ0n) is 7.50. The van der Waals surface area contributed by atoms with Gasteiger partial charge in [0.25, 0.3) is 0 Å². The summed E-state index contributed by atoms with van der Waals surface area (Å²) in [6, 6.07) is 7.70. The van der Waals surface area contributed by atoms with Crippen molar-refractivity contribution in [2.24, 2.45) is 0 Å². The zero-order valence-corrected chi connectivity index (χ0v) is 9.08. The maximum absolute atomic E-state index is 9.60. The summed E-state index contributed by atoms with van der Waals surface area (Å²) in [5.41, 5.74) is -0.0192. The molecule has 0 amide bonds. The van der Waals surface area contributed by atoms with Gasteiger partial charge in [-0.3, -0.25) is 0 Å². The molecule has 0 radical (unpaired) electrons. The third-order valence-electron chi connectivity index (χ3n) is 1.81. The number of aliphatic hydroxyl groups excluding tert-OH is 1. The van der Waals surface area contributed by atoms with E-state index >= 15 is 0 Å². The van der Waals surface area contributed by atoms with E-state index in [4.69, 9.17) is 5.11 Å². The number of aliphatic hydroxyl groups is 2. The number of rotatable bonds is 3. The van der Waals surface area contributed by atoms with E-state index in [0.29, 0.717) is 6.42 Å². The van der Waals surface area contributed by atoms with Gasteiger partial charge in [0.2, 0.25) is 0 Å². The third kappa shape index (κ3) is 3.46. The Kier molecular flexibility index (Phi) is 3.47. The lowest BCUT2D eigenvalue weighted by molar-refractivity contribution is 0.00231. The maximum Gasteiger partial charge on any atom is 0.0889 e. The predicted octanol–water partition coefficient (Wildman–Crippen LogP) is 1.73. The third-order valence-corrected chi connectivity index (χ3v) is 2.31. The molecule has 3 heteroatoms. The molecule has 0 spiro atoms. The molecule has 0 aliphatic heterocycles. The van der Waals surface area contributed by atoms with Gasteiger partial charge in [-0.05, 0) is 24.6 Å².